The Hall–Kier alpha value is -2.18. The predicted molar refractivity (Wildman–Crippen MR) is 113 cm³/mol. The van der Waals surface area contributed by atoms with Crippen molar-refractivity contribution in [2.75, 3.05) is 31.9 Å². The molecule has 0 saturated carbocycles. The smallest absolute Gasteiger partial charge is 0.257 e. The fraction of sp³-hybridized carbons (Fsp3) is 0.476. The molecule has 0 unspecified atom stereocenters. The highest BCUT2D eigenvalue weighted by Crippen LogP contribution is 2.32. The number of aromatic nitrogens is 2. The van der Waals surface area contributed by atoms with E-state index in [9.17, 15) is 4.79 Å². The number of hydrogen-bond donors (Lipinski definition) is 2. The van der Waals surface area contributed by atoms with Crippen LogP contribution in [-0.2, 0) is 0 Å². The quantitative estimate of drug-likeness (QED) is 0.825. The number of carbonyl (C=O) groups excluding carboxylic acids is 1. The van der Waals surface area contributed by atoms with Crippen molar-refractivity contribution < 1.29 is 4.79 Å². The molecule has 2 aliphatic rings. The molecule has 150 valence electrons. The second-order valence-electron chi connectivity index (χ2n) is 7.57. The summed E-state index contributed by atoms with van der Waals surface area (Å²) in [6, 6.07) is 9.71. The molecule has 4 rings (SSSR count). The third kappa shape index (κ3) is 4.45. The maximum Gasteiger partial charge on any atom is 0.257 e. The SMILES string of the molecule is Cl.Nc1ncc(C(=O)N2CCC(C3CCNCC3)CC2)c(-c2ccccc2)n1. The van der Waals surface area contributed by atoms with Crippen LogP contribution < -0.4 is 11.1 Å². The van der Waals surface area contributed by atoms with Crippen LogP contribution in [0.3, 0.4) is 0 Å². The molecule has 3 heterocycles. The summed E-state index contributed by atoms with van der Waals surface area (Å²) in [6.45, 7) is 3.89. The Balaban J connectivity index is 0.00000225. The normalized spacial score (nSPS) is 18.5. The molecule has 1 amide bonds. The summed E-state index contributed by atoms with van der Waals surface area (Å²) in [6.07, 6.45) is 6.29. The molecule has 2 aromatic rings. The van der Waals surface area contributed by atoms with E-state index in [1.165, 1.54) is 12.8 Å². The van der Waals surface area contributed by atoms with Crippen molar-refractivity contribution in [2.45, 2.75) is 25.7 Å². The highest BCUT2D eigenvalue weighted by atomic mass is 35.5. The lowest BCUT2D eigenvalue weighted by Crippen LogP contribution is -2.42. The predicted octanol–water partition coefficient (Wildman–Crippen LogP) is 3.00. The van der Waals surface area contributed by atoms with E-state index < -0.39 is 0 Å². The van der Waals surface area contributed by atoms with E-state index in [4.69, 9.17) is 5.73 Å². The Morgan fingerprint density at radius 3 is 2.36 bits per heavy atom. The van der Waals surface area contributed by atoms with E-state index in [0.29, 0.717) is 11.3 Å². The monoisotopic (exact) mass is 401 g/mol. The van der Waals surface area contributed by atoms with Crippen LogP contribution in [0.5, 0.6) is 0 Å². The van der Waals surface area contributed by atoms with Crippen LogP contribution in [0.4, 0.5) is 5.95 Å². The average Bonchev–Trinajstić information content (AvgIpc) is 2.74. The molecule has 6 nitrogen and oxygen atoms in total. The van der Waals surface area contributed by atoms with Gasteiger partial charge in [0.15, 0.2) is 0 Å². The molecule has 7 heteroatoms. The van der Waals surface area contributed by atoms with Gasteiger partial charge in [0.1, 0.15) is 0 Å². The van der Waals surface area contributed by atoms with Crippen molar-refractivity contribution >= 4 is 24.3 Å². The number of carbonyl (C=O) groups is 1. The van der Waals surface area contributed by atoms with Gasteiger partial charge in [-0.2, -0.15) is 0 Å². The molecule has 2 fully saturated rings. The molecule has 2 aliphatic heterocycles. The van der Waals surface area contributed by atoms with Crippen LogP contribution in [-0.4, -0.2) is 47.0 Å². The van der Waals surface area contributed by atoms with E-state index in [-0.39, 0.29) is 24.3 Å². The molecule has 28 heavy (non-hydrogen) atoms. The lowest BCUT2D eigenvalue weighted by Gasteiger charge is -2.38. The minimum atomic E-state index is 0. The molecular formula is C21H28ClN5O. The summed E-state index contributed by atoms with van der Waals surface area (Å²) < 4.78 is 0. The molecule has 1 aromatic heterocycles. The minimum absolute atomic E-state index is 0. The van der Waals surface area contributed by atoms with Crippen LogP contribution in [0.15, 0.2) is 36.5 Å². The molecule has 3 N–H and O–H groups in total. The van der Waals surface area contributed by atoms with Gasteiger partial charge in [-0.15, -0.1) is 12.4 Å². The minimum Gasteiger partial charge on any atom is -0.368 e. The fourth-order valence-electron chi connectivity index (χ4n) is 4.43. The van der Waals surface area contributed by atoms with Crippen LogP contribution in [0.1, 0.15) is 36.0 Å². The Morgan fingerprint density at radius 1 is 1.04 bits per heavy atom. The highest BCUT2D eigenvalue weighted by Gasteiger charge is 2.30. The van der Waals surface area contributed by atoms with E-state index in [1.807, 2.05) is 35.2 Å². The molecule has 0 bridgehead atoms. The Labute approximate surface area is 172 Å². The first-order chi connectivity index (χ1) is 13.2. The van der Waals surface area contributed by atoms with Crippen molar-refractivity contribution in [3.8, 4) is 11.3 Å². The van der Waals surface area contributed by atoms with Gasteiger partial charge in [0, 0.05) is 24.8 Å². The number of rotatable bonds is 3. The summed E-state index contributed by atoms with van der Waals surface area (Å²) in [7, 11) is 0. The number of nitrogens with two attached hydrogens (primary N) is 1. The van der Waals surface area contributed by atoms with Crippen LogP contribution in [0.2, 0.25) is 0 Å². The number of nitrogens with one attached hydrogen (secondary N) is 1. The number of halogens is 1. The second kappa shape index (κ2) is 9.34. The molecular weight excluding hydrogens is 374 g/mol. The standard InChI is InChI=1S/C21H27N5O.ClH/c22-21-24-14-18(19(25-21)17-4-2-1-3-5-17)20(27)26-12-8-16(9-13-26)15-6-10-23-11-7-15;/h1-5,14-16,23H,6-13H2,(H2,22,24,25);1H. The molecule has 0 spiro atoms. The van der Waals surface area contributed by atoms with Crippen molar-refractivity contribution in [3.05, 3.63) is 42.1 Å². The first kappa shape index (κ1) is 20.6. The van der Waals surface area contributed by atoms with E-state index in [0.717, 1.165) is 56.4 Å². The molecule has 0 radical (unpaired) electrons. The van der Waals surface area contributed by atoms with Crippen LogP contribution >= 0.6 is 12.4 Å². The maximum atomic E-state index is 13.2. The van der Waals surface area contributed by atoms with Gasteiger partial charge < -0.3 is 16.0 Å². The third-order valence-corrected chi connectivity index (χ3v) is 5.96. The maximum absolute atomic E-state index is 13.2. The number of piperidine rings is 2. The highest BCUT2D eigenvalue weighted by molar-refractivity contribution is 5.99. The fourth-order valence-corrected chi connectivity index (χ4v) is 4.43. The van der Waals surface area contributed by atoms with Gasteiger partial charge in [0.2, 0.25) is 5.95 Å². The van der Waals surface area contributed by atoms with Gasteiger partial charge in [-0.3, -0.25) is 4.79 Å². The summed E-state index contributed by atoms with van der Waals surface area (Å²) in [5.74, 6) is 1.75. The second-order valence-corrected chi connectivity index (χ2v) is 7.57. The zero-order valence-electron chi connectivity index (χ0n) is 16.0. The average molecular weight is 402 g/mol. The zero-order chi connectivity index (χ0) is 18.6. The molecule has 1 aromatic carbocycles. The number of likely N-dealkylation sites (tertiary alicyclic amines) is 1. The summed E-state index contributed by atoms with van der Waals surface area (Å²) >= 11 is 0. The summed E-state index contributed by atoms with van der Waals surface area (Å²) in [5, 5.41) is 3.44. The van der Waals surface area contributed by atoms with Crippen LogP contribution in [0, 0.1) is 11.8 Å². The van der Waals surface area contributed by atoms with E-state index >= 15 is 0 Å². The summed E-state index contributed by atoms with van der Waals surface area (Å²) in [4.78, 5) is 23.6. The number of nitrogens with zero attached hydrogens (tertiary/aromatic N) is 3. The lowest BCUT2D eigenvalue weighted by atomic mass is 9.79. The van der Waals surface area contributed by atoms with Gasteiger partial charge >= 0.3 is 0 Å². The van der Waals surface area contributed by atoms with E-state index in [1.54, 1.807) is 6.20 Å². The number of nitrogen functional groups attached to an aromatic ring is 1. The van der Waals surface area contributed by atoms with Crippen molar-refractivity contribution in [2.24, 2.45) is 11.8 Å². The number of anilines is 1. The number of hydrogen-bond acceptors (Lipinski definition) is 5. The largest absolute Gasteiger partial charge is 0.368 e. The van der Waals surface area contributed by atoms with Gasteiger partial charge in [0.05, 0.1) is 11.3 Å². The number of amides is 1. The van der Waals surface area contributed by atoms with Crippen LogP contribution in [0.25, 0.3) is 11.3 Å². The van der Waals surface area contributed by atoms with Gasteiger partial charge in [-0.05, 0) is 50.6 Å². The Kier molecular flexibility index (Phi) is 6.86. The topological polar surface area (TPSA) is 84.1 Å². The first-order valence-electron chi connectivity index (χ1n) is 9.90. The van der Waals surface area contributed by atoms with Crippen molar-refractivity contribution in [1.82, 2.24) is 20.2 Å². The van der Waals surface area contributed by atoms with Crippen molar-refractivity contribution in [3.63, 3.8) is 0 Å². The van der Waals surface area contributed by atoms with E-state index in [2.05, 4.69) is 15.3 Å². The van der Waals surface area contributed by atoms with Gasteiger partial charge in [0.25, 0.3) is 5.91 Å². The van der Waals surface area contributed by atoms with Gasteiger partial charge in [-0.1, -0.05) is 30.3 Å². The first-order valence-corrected chi connectivity index (χ1v) is 9.90. The zero-order valence-corrected chi connectivity index (χ0v) is 16.8. The van der Waals surface area contributed by atoms with Crippen molar-refractivity contribution in [1.29, 1.82) is 0 Å². The number of benzene rings is 1. The third-order valence-electron chi connectivity index (χ3n) is 5.96. The summed E-state index contributed by atoms with van der Waals surface area (Å²) in [5.41, 5.74) is 7.84. The lowest BCUT2D eigenvalue weighted by molar-refractivity contribution is 0.0642. The molecule has 0 atom stereocenters. The Bertz CT molecular complexity index is 787. The van der Waals surface area contributed by atoms with Gasteiger partial charge in [-0.25, -0.2) is 9.97 Å². The Morgan fingerprint density at radius 2 is 1.68 bits per heavy atom. The molecule has 2 saturated heterocycles. The molecule has 0 aliphatic carbocycles.